The maximum absolute atomic E-state index is 13.0. The van der Waals surface area contributed by atoms with Crippen molar-refractivity contribution in [3.05, 3.63) is 59.9 Å². The largest absolute Gasteiger partial charge is 0.459 e. The predicted molar refractivity (Wildman–Crippen MR) is 114 cm³/mol. The molecule has 1 saturated heterocycles. The summed E-state index contributed by atoms with van der Waals surface area (Å²) in [5.74, 6) is -0.624. The Balaban J connectivity index is 1.39. The Hall–Kier alpha value is -3.55. The van der Waals surface area contributed by atoms with Crippen molar-refractivity contribution in [3.8, 4) is 0 Å². The number of likely N-dealkylation sites (tertiary alicyclic amines) is 1. The molecule has 1 aliphatic heterocycles. The first-order valence-electron chi connectivity index (χ1n) is 10.2. The first kappa shape index (κ1) is 20.7. The standard InChI is InChI=1S/C23H24N4O4/c1-14(28)22(24)17-7-8-25-11-18(17)26-12-21(29)27-19-9-16(19)10-20(27)23(30)31-13-15-5-3-2-4-6-15/h2-8,11,16,19-20,24,26H,9-10,12-13H2,1H3/t16-,19-,20+/m1/s1. The highest BCUT2D eigenvalue weighted by Gasteiger charge is 2.56. The number of ketones is 1. The molecule has 0 unspecified atom stereocenters. The highest BCUT2D eigenvalue weighted by molar-refractivity contribution is 6.45. The van der Waals surface area contributed by atoms with E-state index in [4.69, 9.17) is 10.1 Å². The minimum absolute atomic E-state index is 0.0600. The molecule has 31 heavy (non-hydrogen) atoms. The number of amides is 1. The third-order valence-electron chi connectivity index (χ3n) is 5.76. The number of Topliss-reactive ketones (excluding diaryl/α,β-unsaturated/α-hetero) is 1. The molecule has 4 rings (SSSR count). The van der Waals surface area contributed by atoms with Crippen LogP contribution in [0.25, 0.3) is 0 Å². The zero-order valence-electron chi connectivity index (χ0n) is 17.2. The molecule has 3 atom stereocenters. The molecular weight excluding hydrogens is 396 g/mol. The van der Waals surface area contributed by atoms with Crippen LogP contribution in [0.15, 0.2) is 48.8 Å². The summed E-state index contributed by atoms with van der Waals surface area (Å²) < 4.78 is 5.47. The van der Waals surface area contributed by atoms with Crippen LogP contribution in [-0.4, -0.2) is 51.9 Å². The molecule has 0 bridgehead atoms. The number of nitrogens with one attached hydrogen (secondary N) is 2. The number of hydrogen-bond acceptors (Lipinski definition) is 7. The van der Waals surface area contributed by atoms with Crippen molar-refractivity contribution in [2.75, 3.05) is 11.9 Å². The van der Waals surface area contributed by atoms with Gasteiger partial charge < -0.3 is 15.0 Å². The number of carbonyl (C=O) groups is 3. The van der Waals surface area contributed by atoms with Gasteiger partial charge in [0.2, 0.25) is 5.91 Å². The number of aromatic nitrogens is 1. The quantitative estimate of drug-likeness (QED) is 0.500. The number of carbonyl (C=O) groups excluding carboxylic acids is 3. The minimum Gasteiger partial charge on any atom is -0.459 e. The van der Waals surface area contributed by atoms with Gasteiger partial charge in [-0.25, -0.2) is 4.79 Å². The summed E-state index contributed by atoms with van der Waals surface area (Å²) in [6.07, 6.45) is 4.50. The second-order valence-corrected chi connectivity index (χ2v) is 7.91. The van der Waals surface area contributed by atoms with Crippen molar-refractivity contribution in [2.45, 2.75) is 38.5 Å². The number of nitrogens with zero attached hydrogens (tertiary/aromatic N) is 2. The fraction of sp³-hybridized carbons (Fsp3) is 0.348. The zero-order chi connectivity index (χ0) is 22.0. The average molecular weight is 420 g/mol. The van der Waals surface area contributed by atoms with E-state index in [1.807, 2.05) is 30.3 Å². The van der Waals surface area contributed by atoms with Crippen LogP contribution in [0.3, 0.4) is 0 Å². The molecule has 0 spiro atoms. The van der Waals surface area contributed by atoms with Crippen LogP contribution < -0.4 is 5.32 Å². The molecule has 2 aliphatic rings. The summed E-state index contributed by atoms with van der Waals surface area (Å²) in [6, 6.07) is 10.5. The summed E-state index contributed by atoms with van der Waals surface area (Å²) in [5, 5.41) is 10.9. The second kappa shape index (κ2) is 8.67. The molecule has 2 heterocycles. The lowest BCUT2D eigenvalue weighted by atomic mass is 10.1. The first-order chi connectivity index (χ1) is 15.0. The van der Waals surface area contributed by atoms with Gasteiger partial charge in [0.05, 0.1) is 18.4 Å². The van der Waals surface area contributed by atoms with E-state index in [1.54, 1.807) is 11.0 Å². The van der Waals surface area contributed by atoms with Crippen molar-refractivity contribution < 1.29 is 19.1 Å². The maximum Gasteiger partial charge on any atom is 0.329 e. The Morgan fingerprint density at radius 3 is 2.71 bits per heavy atom. The van der Waals surface area contributed by atoms with Crippen molar-refractivity contribution in [1.29, 1.82) is 5.41 Å². The van der Waals surface area contributed by atoms with Crippen LogP contribution in [0.5, 0.6) is 0 Å². The molecule has 1 saturated carbocycles. The van der Waals surface area contributed by atoms with E-state index in [1.165, 1.54) is 19.3 Å². The van der Waals surface area contributed by atoms with E-state index in [-0.39, 0.29) is 42.6 Å². The second-order valence-electron chi connectivity index (χ2n) is 7.91. The van der Waals surface area contributed by atoms with E-state index in [2.05, 4.69) is 10.3 Å². The first-order valence-corrected chi connectivity index (χ1v) is 10.2. The Morgan fingerprint density at radius 1 is 1.19 bits per heavy atom. The van der Waals surface area contributed by atoms with E-state index < -0.39 is 6.04 Å². The third kappa shape index (κ3) is 4.47. The monoisotopic (exact) mass is 420 g/mol. The Labute approximate surface area is 180 Å². The normalized spacial score (nSPS) is 21.2. The van der Waals surface area contributed by atoms with Crippen molar-refractivity contribution in [1.82, 2.24) is 9.88 Å². The molecule has 160 valence electrons. The Bertz CT molecular complexity index is 1020. The van der Waals surface area contributed by atoms with Gasteiger partial charge in [-0.2, -0.15) is 0 Å². The van der Waals surface area contributed by atoms with Gasteiger partial charge in [-0.05, 0) is 30.4 Å². The maximum atomic E-state index is 13.0. The number of ether oxygens (including phenoxy) is 1. The molecule has 8 nitrogen and oxygen atoms in total. The third-order valence-corrected chi connectivity index (χ3v) is 5.76. The molecule has 1 aliphatic carbocycles. The number of hydrogen-bond donors (Lipinski definition) is 2. The number of anilines is 1. The number of benzene rings is 1. The molecule has 1 aromatic carbocycles. The van der Waals surface area contributed by atoms with Gasteiger partial charge in [0.25, 0.3) is 0 Å². The SMILES string of the molecule is CC(=O)C(=N)c1ccncc1NCC(=O)N1[C@@H]2C[C@@H]2C[C@H]1C(=O)OCc1ccccc1. The molecule has 2 aromatic rings. The van der Waals surface area contributed by atoms with Gasteiger partial charge in [-0.15, -0.1) is 0 Å². The van der Waals surface area contributed by atoms with E-state index in [9.17, 15) is 14.4 Å². The number of esters is 1. The van der Waals surface area contributed by atoms with Crippen LogP contribution in [-0.2, 0) is 25.7 Å². The number of piperidine rings is 1. The van der Waals surface area contributed by atoms with Crippen molar-refractivity contribution in [2.24, 2.45) is 5.92 Å². The van der Waals surface area contributed by atoms with Crippen LogP contribution in [0.1, 0.15) is 30.9 Å². The summed E-state index contributed by atoms with van der Waals surface area (Å²) in [7, 11) is 0. The van der Waals surface area contributed by atoms with E-state index in [0.717, 1.165) is 12.0 Å². The summed E-state index contributed by atoms with van der Waals surface area (Å²) in [6.45, 7) is 1.44. The number of pyridine rings is 1. The van der Waals surface area contributed by atoms with Crippen LogP contribution in [0, 0.1) is 11.3 Å². The summed E-state index contributed by atoms with van der Waals surface area (Å²) in [4.78, 5) is 42.9. The predicted octanol–water partition coefficient (Wildman–Crippen LogP) is 2.18. The van der Waals surface area contributed by atoms with Crippen LogP contribution in [0.4, 0.5) is 5.69 Å². The summed E-state index contributed by atoms with van der Waals surface area (Å²) >= 11 is 0. The Morgan fingerprint density at radius 2 is 1.97 bits per heavy atom. The molecule has 1 aromatic heterocycles. The van der Waals surface area contributed by atoms with Crippen LogP contribution >= 0.6 is 0 Å². The lowest BCUT2D eigenvalue weighted by Gasteiger charge is -2.26. The minimum atomic E-state index is -0.578. The number of rotatable bonds is 8. The zero-order valence-corrected chi connectivity index (χ0v) is 17.2. The van der Waals surface area contributed by atoms with E-state index >= 15 is 0 Å². The van der Waals surface area contributed by atoms with Gasteiger partial charge in [0.1, 0.15) is 18.4 Å². The van der Waals surface area contributed by atoms with Gasteiger partial charge >= 0.3 is 5.97 Å². The molecule has 2 fully saturated rings. The van der Waals surface area contributed by atoms with Gasteiger partial charge in [-0.1, -0.05) is 30.3 Å². The van der Waals surface area contributed by atoms with Crippen molar-refractivity contribution >= 4 is 29.1 Å². The Kier molecular flexibility index (Phi) is 5.79. The molecular formula is C23H24N4O4. The van der Waals surface area contributed by atoms with Gasteiger partial charge in [0.15, 0.2) is 5.78 Å². The van der Waals surface area contributed by atoms with Crippen molar-refractivity contribution in [3.63, 3.8) is 0 Å². The van der Waals surface area contributed by atoms with Gasteiger partial charge in [-0.3, -0.25) is 20.0 Å². The highest BCUT2D eigenvalue weighted by Crippen LogP contribution is 2.48. The molecule has 0 radical (unpaired) electrons. The van der Waals surface area contributed by atoms with Crippen LogP contribution in [0.2, 0.25) is 0 Å². The topological polar surface area (TPSA) is 112 Å². The molecule has 2 N–H and O–H groups in total. The lowest BCUT2D eigenvalue weighted by molar-refractivity contribution is -0.155. The molecule has 1 amide bonds. The van der Waals surface area contributed by atoms with Gasteiger partial charge in [0, 0.05) is 24.7 Å². The fourth-order valence-electron chi connectivity index (χ4n) is 4.06. The fourth-order valence-corrected chi connectivity index (χ4v) is 4.06. The average Bonchev–Trinajstić information content (AvgIpc) is 3.45. The highest BCUT2D eigenvalue weighted by atomic mass is 16.5. The summed E-state index contributed by atoms with van der Waals surface area (Å²) in [5.41, 5.74) is 1.57. The van der Waals surface area contributed by atoms with E-state index in [0.29, 0.717) is 23.6 Å². The lowest BCUT2D eigenvalue weighted by Crippen LogP contribution is -2.46. The smallest absolute Gasteiger partial charge is 0.329 e. The molecule has 8 heteroatoms. The number of fused-ring (bicyclic) bond motifs is 1.